The van der Waals surface area contributed by atoms with Gasteiger partial charge in [0, 0.05) is 18.9 Å². The Balaban J connectivity index is 2.14. The van der Waals surface area contributed by atoms with Gasteiger partial charge in [-0.1, -0.05) is 6.07 Å². The molecule has 0 radical (unpaired) electrons. The van der Waals surface area contributed by atoms with Gasteiger partial charge in [0.25, 0.3) is 0 Å². The third kappa shape index (κ3) is 1.76. The molecule has 2 aromatic heterocycles. The molecule has 0 saturated carbocycles. The van der Waals surface area contributed by atoms with Crippen molar-refractivity contribution in [3.8, 4) is 11.5 Å². The van der Waals surface area contributed by atoms with Crippen LogP contribution in [0.4, 0.5) is 0 Å². The van der Waals surface area contributed by atoms with Crippen molar-refractivity contribution >= 4 is 11.0 Å². The lowest BCUT2D eigenvalue weighted by atomic mass is 10.2. The van der Waals surface area contributed by atoms with Crippen LogP contribution in [0, 0.1) is 0 Å². The number of hydrogen-bond acceptors (Lipinski definition) is 4. The Morgan fingerprint density at radius 3 is 2.94 bits per heavy atom. The summed E-state index contributed by atoms with van der Waals surface area (Å²) in [6.45, 7) is 0.523. The van der Waals surface area contributed by atoms with Crippen molar-refractivity contribution < 1.29 is 0 Å². The van der Waals surface area contributed by atoms with Gasteiger partial charge in [0.1, 0.15) is 5.69 Å². The van der Waals surface area contributed by atoms with E-state index in [-0.39, 0.29) is 0 Å². The molecular weight excluding hydrogens is 214 g/mol. The third-order valence-electron chi connectivity index (χ3n) is 2.59. The van der Waals surface area contributed by atoms with Gasteiger partial charge in [-0.3, -0.25) is 4.98 Å². The molecule has 0 amide bonds. The number of aromatic nitrogens is 4. The Bertz CT molecular complexity index is 644. The minimum Gasteiger partial charge on any atom is -0.337 e. The fourth-order valence-corrected chi connectivity index (χ4v) is 1.73. The number of imidazole rings is 1. The highest BCUT2D eigenvalue weighted by molar-refractivity contribution is 5.79. The van der Waals surface area contributed by atoms with E-state index < -0.39 is 0 Å². The van der Waals surface area contributed by atoms with Crippen molar-refractivity contribution in [3.05, 3.63) is 42.4 Å². The van der Waals surface area contributed by atoms with Crippen molar-refractivity contribution in [1.82, 2.24) is 19.9 Å². The Hall–Kier alpha value is -2.27. The fourth-order valence-electron chi connectivity index (χ4n) is 1.73. The Morgan fingerprint density at radius 2 is 2.18 bits per heavy atom. The quantitative estimate of drug-likeness (QED) is 0.692. The van der Waals surface area contributed by atoms with Gasteiger partial charge in [-0.15, -0.1) is 0 Å². The van der Waals surface area contributed by atoms with Gasteiger partial charge in [0.05, 0.1) is 17.2 Å². The van der Waals surface area contributed by atoms with Crippen molar-refractivity contribution in [3.63, 3.8) is 0 Å². The molecule has 0 aliphatic carbocycles. The molecule has 17 heavy (non-hydrogen) atoms. The first-order valence-electron chi connectivity index (χ1n) is 5.32. The molecule has 5 heteroatoms. The predicted octanol–water partition coefficient (Wildman–Crippen LogP) is 1.48. The second-order valence-corrected chi connectivity index (χ2v) is 3.73. The van der Waals surface area contributed by atoms with E-state index in [1.165, 1.54) is 0 Å². The molecule has 3 rings (SSSR count). The summed E-state index contributed by atoms with van der Waals surface area (Å²) in [6.07, 6.45) is 4.97. The van der Waals surface area contributed by atoms with Gasteiger partial charge < -0.3 is 10.7 Å². The number of nitrogens with zero attached hydrogens (tertiary/aromatic N) is 3. The lowest BCUT2D eigenvalue weighted by molar-refractivity contribution is 1.07. The number of nitrogens with one attached hydrogen (secondary N) is 1. The lowest BCUT2D eigenvalue weighted by Gasteiger charge is -1.94. The molecule has 0 saturated heterocycles. The molecule has 0 fully saturated rings. The van der Waals surface area contributed by atoms with Crippen molar-refractivity contribution in [1.29, 1.82) is 0 Å². The van der Waals surface area contributed by atoms with Gasteiger partial charge in [0.15, 0.2) is 5.82 Å². The standard InChI is InChI=1S/C12H11N5/c13-6-8-1-2-9-10(5-8)17-12(16-9)11-7-14-3-4-15-11/h1-5,7H,6,13H2,(H,16,17). The summed E-state index contributed by atoms with van der Waals surface area (Å²) in [7, 11) is 0. The molecule has 0 spiro atoms. The van der Waals surface area contributed by atoms with Crippen LogP contribution in [0.15, 0.2) is 36.8 Å². The normalized spacial score (nSPS) is 10.9. The number of H-pyrrole nitrogens is 1. The van der Waals surface area contributed by atoms with Crippen molar-refractivity contribution in [2.75, 3.05) is 0 Å². The third-order valence-corrected chi connectivity index (χ3v) is 2.59. The zero-order chi connectivity index (χ0) is 11.7. The van der Waals surface area contributed by atoms with Gasteiger partial charge in [-0.25, -0.2) is 9.97 Å². The molecule has 0 bridgehead atoms. The topological polar surface area (TPSA) is 80.5 Å². The van der Waals surface area contributed by atoms with Gasteiger partial charge in [0.2, 0.25) is 0 Å². The number of rotatable bonds is 2. The maximum atomic E-state index is 5.60. The van der Waals surface area contributed by atoms with Crippen LogP contribution in [0.25, 0.3) is 22.6 Å². The van der Waals surface area contributed by atoms with Crippen LogP contribution < -0.4 is 5.73 Å². The zero-order valence-electron chi connectivity index (χ0n) is 9.09. The fraction of sp³-hybridized carbons (Fsp3) is 0.0833. The molecule has 3 aromatic rings. The molecule has 5 nitrogen and oxygen atoms in total. The summed E-state index contributed by atoms with van der Waals surface area (Å²) in [5.41, 5.74) is 9.28. The molecule has 0 aliphatic rings. The summed E-state index contributed by atoms with van der Waals surface area (Å²) in [6, 6.07) is 5.93. The first kappa shape index (κ1) is 9.92. The van der Waals surface area contributed by atoms with Crippen LogP contribution >= 0.6 is 0 Å². The summed E-state index contributed by atoms with van der Waals surface area (Å²) in [5, 5.41) is 0. The highest BCUT2D eigenvalue weighted by Gasteiger charge is 2.06. The Kier molecular flexibility index (Phi) is 2.31. The van der Waals surface area contributed by atoms with E-state index >= 15 is 0 Å². The zero-order valence-corrected chi connectivity index (χ0v) is 9.09. The number of fused-ring (bicyclic) bond motifs is 1. The molecule has 0 aliphatic heterocycles. The van der Waals surface area contributed by atoms with E-state index in [0.29, 0.717) is 6.54 Å². The highest BCUT2D eigenvalue weighted by atomic mass is 15.0. The number of hydrogen-bond donors (Lipinski definition) is 2. The maximum absolute atomic E-state index is 5.60. The minimum atomic E-state index is 0.523. The van der Waals surface area contributed by atoms with E-state index in [2.05, 4.69) is 19.9 Å². The Morgan fingerprint density at radius 1 is 1.24 bits per heavy atom. The maximum Gasteiger partial charge on any atom is 0.158 e. The smallest absolute Gasteiger partial charge is 0.158 e. The molecule has 2 heterocycles. The molecule has 0 unspecified atom stereocenters. The lowest BCUT2D eigenvalue weighted by Crippen LogP contribution is -1.95. The van der Waals surface area contributed by atoms with Crippen LogP contribution in [0.2, 0.25) is 0 Å². The van der Waals surface area contributed by atoms with Crippen molar-refractivity contribution in [2.45, 2.75) is 6.54 Å². The van der Waals surface area contributed by atoms with E-state index in [1.54, 1.807) is 18.6 Å². The van der Waals surface area contributed by atoms with Crippen LogP contribution in [0.1, 0.15) is 5.56 Å². The van der Waals surface area contributed by atoms with E-state index in [0.717, 1.165) is 28.1 Å². The molecule has 1 aromatic carbocycles. The van der Waals surface area contributed by atoms with Crippen LogP contribution in [-0.4, -0.2) is 19.9 Å². The molecular formula is C12H11N5. The minimum absolute atomic E-state index is 0.523. The second kappa shape index (κ2) is 3.95. The van der Waals surface area contributed by atoms with Crippen molar-refractivity contribution in [2.24, 2.45) is 5.73 Å². The number of aromatic amines is 1. The summed E-state index contributed by atoms with van der Waals surface area (Å²) < 4.78 is 0. The van der Waals surface area contributed by atoms with Gasteiger partial charge in [-0.2, -0.15) is 0 Å². The van der Waals surface area contributed by atoms with Crippen LogP contribution in [0.3, 0.4) is 0 Å². The van der Waals surface area contributed by atoms with Gasteiger partial charge in [-0.05, 0) is 17.7 Å². The summed E-state index contributed by atoms with van der Waals surface area (Å²) in [5.74, 6) is 0.724. The van der Waals surface area contributed by atoms with Gasteiger partial charge >= 0.3 is 0 Å². The first-order valence-corrected chi connectivity index (χ1v) is 5.32. The second-order valence-electron chi connectivity index (χ2n) is 3.73. The Labute approximate surface area is 97.7 Å². The number of nitrogens with two attached hydrogens (primary N) is 1. The van der Waals surface area contributed by atoms with E-state index in [4.69, 9.17) is 5.73 Å². The summed E-state index contributed by atoms with van der Waals surface area (Å²) >= 11 is 0. The van der Waals surface area contributed by atoms with Crippen LogP contribution in [-0.2, 0) is 6.54 Å². The average molecular weight is 225 g/mol. The van der Waals surface area contributed by atoms with Crippen LogP contribution in [0.5, 0.6) is 0 Å². The van der Waals surface area contributed by atoms with E-state index in [1.807, 2.05) is 18.2 Å². The monoisotopic (exact) mass is 225 g/mol. The average Bonchev–Trinajstić information content (AvgIpc) is 2.82. The first-order chi connectivity index (χ1) is 8.36. The summed E-state index contributed by atoms with van der Waals surface area (Å²) in [4.78, 5) is 15.9. The highest BCUT2D eigenvalue weighted by Crippen LogP contribution is 2.18. The number of benzene rings is 1. The predicted molar refractivity (Wildman–Crippen MR) is 65.0 cm³/mol. The molecule has 0 atom stereocenters. The molecule has 3 N–H and O–H groups in total. The SMILES string of the molecule is NCc1ccc2nc(-c3cnccn3)[nH]c2c1. The van der Waals surface area contributed by atoms with E-state index in [9.17, 15) is 0 Å². The molecule has 84 valence electrons. The largest absolute Gasteiger partial charge is 0.337 e.